The summed E-state index contributed by atoms with van der Waals surface area (Å²) < 4.78 is 11.1. The Bertz CT molecular complexity index is 363. The van der Waals surface area contributed by atoms with Gasteiger partial charge in [-0.05, 0) is 50.4 Å². The van der Waals surface area contributed by atoms with Gasteiger partial charge in [-0.2, -0.15) is 0 Å². The first kappa shape index (κ1) is 20.0. The minimum Gasteiger partial charge on any atom is -0.381 e. The highest BCUT2D eigenvalue weighted by molar-refractivity contribution is 5.85. The zero-order chi connectivity index (χ0) is 15.9. The Kier molecular flexibility index (Phi) is 8.81. The van der Waals surface area contributed by atoms with Crippen LogP contribution < -0.4 is 10.6 Å². The predicted octanol–water partition coefficient (Wildman–Crippen LogP) is 2.28. The van der Waals surface area contributed by atoms with Crippen LogP contribution in [-0.4, -0.2) is 51.0 Å². The van der Waals surface area contributed by atoms with Gasteiger partial charge in [0.15, 0.2) is 0 Å². The van der Waals surface area contributed by atoms with Crippen molar-refractivity contribution < 1.29 is 14.3 Å². The second-order valence-electron chi connectivity index (χ2n) is 7.38. The van der Waals surface area contributed by atoms with Crippen LogP contribution in [0.1, 0.15) is 51.4 Å². The van der Waals surface area contributed by atoms with Crippen LogP contribution in [0.25, 0.3) is 0 Å². The highest BCUT2D eigenvalue weighted by Crippen LogP contribution is 2.33. The maximum atomic E-state index is 12.2. The normalized spacial score (nSPS) is 30.4. The fraction of sp³-hybridized carbons (Fsp3) is 0.944. The Morgan fingerprint density at radius 1 is 1.17 bits per heavy atom. The Balaban J connectivity index is 0.00000208. The Hall–Kier alpha value is -0.360. The summed E-state index contributed by atoms with van der Waals surface area (Å²) in [5.41, 5.74) is 0. The summed E-state index contributed by atoms with van der Waals surface area (Å²) in [6.07, 6.45) is 9.34. The minimum atomic E-state index is 0. The van der Waals surface area contributed by atoms with Crippen molar-refractivity contribution in [2.45, 2.75) is 63.5 Å². The second-order valence-corrected chi connectivity index (χ2v) is 7.38. The molecule has 0 aromatic rings. The van der Waals surface area contributed by atoms with Gasteiger partial charge in [-0.3, -0.25) is 4.79 Å². The average Bonchev–Trinajstić information content (AvgIpc) is 3.03. The largest absolute Gasteiger partial charge is 0.381 e. The summed E-state index contributed by atoms with van der Waals surface area (Å²) in [4.78, 5) is 12.2. The number of halogens is 1. The first-order chi connectivity index (χ1) is 11.3. The number of carbonyl (C=O) groups excluding carboxylic acids is 1. The number of carbonyl (C=O) groups is 1. The van der Waals surface area contributed by atoms with Crippen LogP contribution in [0, 0.1) is 11.8 Å². The van der Waals surface area contributed by atoms with Gasteiger partial charge in [0.2, 0.25) is 5.91 Å². The van der Waals surface area contributed by atoms with Crippen molar-refractivity contribution in [2.24, 2.45) is 11.8 Å². The van der Waals surface area contributed by atoms with Crippen molar-refractivity contribution >= 4 is 18.3 Å². The molecule has 3 fully saturated rings. The molecule has 1 aliphatic carbocycles. The monoisotopic (exact) mass is 360 g/mol. The van der Waals surface area contributed by atoms with Crippen molar-refractivity contribution in [1.82, 2.24) is 10.6 Å². The van der Waals surface area contributed by atoms with E-state index in [-0.39, 0.29) is 24.4 Å². The molecule has 0 aromatic heterocycles. The smallest absolute Gasteiger partial charge is 0.237 e. The molecule has 140 valence electrons. The number of amides is 1. The third kappa shape index (κ3) is 5.87. The lowest BCUT2D eigenvalue weighted by atomic mass is 9.85. The number of nitrogens with one attached hydrogen (secondary N) is 2. The van der Waals surface area contributed by atoms with Crippen LogP contribution in [0.15, 0.2) is 0 Å². The molecule has 1 saturated carbocycles. The molecule has 1 amide bonds. The van der Waals surface area contributed by atoms with Gasteiger partial charge in [-0.15, -0.1) is 12.4 Å². The zero-order valence-corrected chi connectivity index (χ0v) is 15.5. The summed E-state index contributed by atoms with van der Waals surface area (Å²) in [6.45, 7) is 4.05. The topological polar surface area (TPSA) is 59.6 Å². The molecule has 2 saturated heterocycles. The van der Waals surface area contributed by atoms with E-state index in [2.05, 4.69) is 10.6 Å². The molecule has 3 rings (SSSR count). The lowest BCUT2D eigenvalue weighted by Crippen LogP contribution is -2.43. The predicted molar refractivity (Wildman–Crippen MR) is 96.5 cm³/mol. The SMILES string of the molecule is Cl.O=C(NCCCOCC1CCOCC1)C1CC2CCCCC2N1. The van der Waals surface area contributed by atoms with Crippen molar-refractivity contribution in [1.29, 1.82) is 0 Å². The standard InChI is InChI=1S/C18H32N2O3.ClH/c21-18(17-12-15-4-1-2-5-16(15)20-17)19-8-3-9-23-13-14-6-10-22-11-7-14;/h14-17,20H,1-13H2,(H,19,21);1H. The molecule has 0 radical (unpaired) electrons. The first-order valence-corrected chi connectivity index (χ1v) is 9.52. The van der Waals surface area contributed by atoms with Crippen LogP contribution >= 0.6 is 12.4 Å². The van der Waals surface area contributed by atoms with Gasteiger partial charge in [0.25, 0.3) is 0 Å². The van der Waals surface area contributed by atoms with E-state index in [1.165, 1.54) is 25.7 Å². The van der Waals surface area contributed by atoms with Crippen LogP contribution in [0.4, 0.5) is 0 Å². The third-order valence-corrected chi connectivity index (χ3v) is 5.64. The van der Waals surface area contributed by atoms with E-state index < -0.39 is 0 Å². The highest BCUT2D eigenvalue weighted by Gasteiger charge is 2.37. The van der Waals surface area contributed by atoms with Gasteiger partial charge in [-0.1, -0.05) is 12.8 Å². The minimum absolute atomic E-state index is 0. The molecule has 24 heavy (non-hydrogen) atoms. The molecule has 0 aromatic carbocycles. The lowest BCUT2D eigenvalue weighted by molar-refractivity contribution is -0.122. The Morgan fingerprint density at radius 2 is 1.96 bits per heavy atom. The maximum absolute atomic E-state index is 12.2. The third-order valence-electron chi connectivity index (χ3n) is 5.64. The molecule has 3 atom stereocenters. The number of hydrogen-bond acceptors (Lipinski definition) is 4. The van der Waals surface area contributed by atoms with Gasteiger partial charge >= 0.3 is 0 Å². The Morgan fingerprint density at radius 3 is 2.75 bits per heavy atom. The van der Waals surface area contributed by atoms with E-state index in [0.29, 0.717) is 12.0 Å². The molecule has 2 heterocycles. The number of hydrogen-bond donors (Lipinski definition) is 2. The molecular weight excluding hydrogens is 328 g/mol. The van der Waals surface area contributed by atoms with E-state index in [1.54, 1.807) is 0 Å². The number of fused-ring (bicyclic) bond motifs is 1. The molecule has 5 nitrogen and oxygen atoms in total. The number of rotatable bonds is 7. The Labute approximate surface area is 152 Å². The van der Waals surface area contributed by atoms with Crippen LogP contribution in [0.5, 0.6) is 0 Å². The molecule has 2 aliphatic heterocycles. The van der Waals surface area contributed by atoms with E-state index in [9.17, 15) is 4.79 Å². The second kappa shape index (κ2) is 10.6. The summed E-state index contributed by atoms with van der Waals surface area (Å²) in [7, 11) is 0. The van der Waals surface area contributed by atoms with Crippen LogP contribution in [0.3, 0.4) is 0 Å². The van der Waals surface area contributed by atoms with Crippen molar-refractivity contribution in [3.8, 4) is 0 Å². The van der Waals surface area contributed by atoms with Gasteiger partial charge in [0, 0.05) is 39.0 Å². The first-order valence-electron chi connectivity index (χ1n) is 9.52. The fourth-order valence-electron chi connectivity index (χ4n) is 4.19. The fourth-order valence-corrected chi connectivity index (χ4v) is 4.19. The summed E-state index contributed by atoms with van der Waals surface area (Å²) in [6, 6.07) is 0.619. The molecular formula is C18H33ClN2O3. The number of ether oxygens (including phenoxy) is 2. The molecule has 0 bridgehead atoms. The molecule has 3 aliphatic rings. The van der Waals surface area contributed by atoms with Gasteiger partial charge in [-0.25, -0.2) is 0 Å². The van der Waals surface area contributed by atoms with Crippen LogP contribution in [0.2, 0.25) is 0 Å². The molecule has 6 heteroatoms. The van der Waals surface area contributed by atoms with Gasteiger partial charge in [0.1, 0.15) is 0 Å². The van der Waals surface area contributed by atoms with E-state index in [1.807, 2.05) is 0 Å². The van der Waals surface area contributed by atoms with E-state index in [0.717, 1.165) is 64.6 Å². The molecule has 2 N–H and O–H groups in total. The lowest BCUT2D eigenvalue weighted by Gasteiger charge is -2.24. The maximum Gasteiger partial charge on any atom is 0.237 e. The van der Waals surface area contributed by atoms with Crippen molar-refractivity contribution in [3.05, 3.63) is 0 Å². The van der Waals surface area contributed by atoms with Crippen LogP contribution in [-0.2, 0) is 14.3 Å². The van der Waals surface area contributed by atoms with Crippen molar-refractivity contribution in [3.63, 3.8) is 0 Å². The van der Waals surface area contributed by atoms with Gasteiger partial charge in [0.05, 0.1) is 6.04 Å². The quantitative estimate of drug-likeness (QED) is 0.684. The summed E-state index contributed by atoms with van der Waals surface area (Å²) >= 11 is 0. The van der Waals surface area contributed by atoms with E-state index >= 15 is 0 Å². The van der Waals surface area contributed by atoms with Crippen molar-refractivity contribution in [2.75, 3.05) is 33.0 Å². The highest BCUT2D eigenvalue weighted by atomic mass is 35.5. The van der Waals surface area contributed by atoms with Gasteiger partial charge < -0.3 is 20.1 Å². The molecule has 0 spiro atoms. The molecule has 3 unspecified atom stereocenters. The van der Waals surface area contributed by atoms with E-state index in [4.69, 9.17) is 9.47 Å². The summed E-state index contributed by atoms with van der Waals surface area (Å²) in [5, 5.41) is 6.60. The average molecular weight is 361 g/mol. The zero-order valence-electron chi connectivity index (χ0n) is 14.6. The summed E-state index contributed by atoms with van der Waals surface area (Å²) in [5.74, 6) is 1.57.